The van der Waals surface area contributed by atoms with Gasteiger partial charge in [0.05, 0.1) is 16.4 Å². The minimum atomic E-state index is -4.76. The minimum absolute atomic E-state index is 0.204. The quantitative estimate of drug-likeness (QED) is 0.353. The molecule has 0 aliphatic heterocycles. The molecule has 2 aromatic rings. The van der Waals surface area contributed by atoms with Crippen molar-refractivity contribution >= 4 is 29.0 Å². The van der Waals surface area contributed by atoms with E-state index in [1.165, 1.54) is 18.2 Å². The fraction of sp³-hybridized carbons (Fsp3) is 0.250. The maximum Gasteiger partial charge on any atom is 0.453 e. The Kier molecular flexibility index (Phi) is 5.15. The fourth-order valence-corrected chi connectivity index (χ4v) is 2.40. The van der Waals surface area contributed by atoms with Gasteiger partial charge in [0.1, 0.15) is 0 Å². The standard InChI is InChI=1S/C12H11F3N6O3S/c1-6-2-3-7(21(23)24)4-8(6)17-9(22)5-25-11-19-18-10(20(11)16)12(13,14)15/h2-4H,5,16H2,1H3,(H,17,22). The van der Waals surface area contributed by atoms with Crippen molar-refractivity contribution in [3.63, 3.8) is 0 Å². The number of carbonyl (C=O) groups is 1. The Morgan fingerprint density at radius 1 is 1.44 bits per heavy atom. The van der Waals surface area contributed by atoms with Crippen LogP contribution in [0.25, 0.3) is 0 Å². The molecule has 25 heavy (non-hydrogen) atoms. The molecule has 2 rings (SSSR count). The Morgan fingerprint density at radius 2 is 2.12 bits per heavy atom. The van der Waals surface area contributed by atoms with Crippen molar-refractivity contribution in [3.05, 3.63) is 39.7 Å². The largest absolute Gasteiger partial charge is 0.453 e. The number of nitrogens with two attached hydrogens (primary N) is 1. The third-order valence-electron chi connectivity index (χ3n) is 2.96. The summed E-state index contributed by atoms with van der Waals surface area (Å²) < 4.78 is 37.9. The lowest BCUT2D eigenvalue weighted by Crippen LogP contribution is -2.22. The summed E-state index contributed by atoms with van der Waals surface area (Å²) in [6, 6.07) is 3.94. The molecule has 13 heteroatoms. The lowest BCUT2D eigenvalue weighted by Gasteiger charge is -2.08. The number of alkyl halides is 3. The van der Waals surface area contributed by atoms with Crippen LogP contribution in [0.2, 0.25) is 0 Å². The number of benzene rings is 1. The third-order valence-corrected chi connectivity index (χ3v) is 3.90. The second-order valence-electron chi connectivity index (χ2n) is 4.77. The van der Waals surface area contributed by atoms with Crippen LogP contribution in [0.3, 0.4) is 0 Å². The minimum Gasteiger partial charge on any atom is -0.335 e. The van der Waals surface area contributed by atoms with E-state index in [-0.39, 0.29) is 27.0 Å². The average molecular weight is 376 g/mol. The van der Waals surface area contributed by atoms with Gasteiger partial charge in [-0.05, 0) is 12.5 Å². The second-order valence-corrected chi connectivity index (χ2v) is 5.71. The number of non-ortho nitro benzene ring substituents is 1. The number of nitrogens with one attached hydrogen (secondary N) is 1. The number of halogens is 3. The van der Waals surface area contributed by atoms with E-state index in [9.17, 15) is 28.1 Å². The monoisotopic (exact) mass is 376 g/mol. The number of hydrogen-bond acceptors (Lipinski definition) is 7. The number of nitrogen functional groups attached to an aromatic ring is 1. The molecule has 0 saturated carbocycles. The van der Waals surface area contributed by atoms with Gasteiger partial charge in [0.25, 0.3) is 11.5 Å². The molecule has 3 N–H and O–H groups in total. The molecule has 0 atom stereocenters. The third kappa shape index (κ3) is 4.37. The Morgan fingerprint density at radius 3 is 2.68 bits per heavy atom. The molecule has 134 valence electrons. The molecular weight excluding hydrogens is 365 g/mol. The van der Waals surface area contributed by atoms with Gasteiger partial charge in [0.15, 0.2) is 0 Å². The predicted molar refractivity (Wildman–Crippen MR) is 82.4 cm³/mol. The number of amides is 1. The molecule has 9 nitrogen and oxygen atoms in total. The summed E-state index contributed by atoms with van der Waals surface area (Å²) in [6.07, 6.45) is -4.76. The van der Waals surface area contributed by atoms with E-state index in [0.717, 1.165) is 0 Å². The molecule has 0 spiro atoms. The van der Waals surface area contributed by atoms with Crippen LogP contribution in [0.5, 0.6) is 0 Å². The summed E-state index contributed by atoms with van der Waals surface area (Å²) in [5, 5.41) is 19.1. The van der Waals surface area contributed by atoms with E-state index >= 15 is 0 Å². The number of nitrogens with zero attached hydrogens (tertiary/aromatic N) is 4. The number of aromatic nitrogens is 3. The summed E-state index contributed by atoms with van der Waals surface area (Å²) in [6.45, 7) is 1.64. The molecule has 1 amide bonds. The van der Waals surface area contributed by atoms with Crippen LogP contribution < -0.4 is 11.2 Å². The lowest BCUT2D eigenvalue weighted by atomic mass is 10.2. The predicted octanol–water partition coefficient (Wildman–Crippen LogP) is 1.96. The van der Waals surface area contributed by atoms with Crippen molar-refractivity contribution in [2.24, 2.45) is 0 Å². The number of nitro groups is 1. The highest BCUT2D eigenvalue weighted by molar-refractivity contribution is 7.99. The van der Waals surface area contributed by atoms with Crippen molar-refractivity contribution in [3.8, 4) is 0 Å². The van der Waals surface area contributed by atoms with E-state index < -0.39 is 22.8 Å². The van der Waals surface area contributed by atoms with Crippen LogP contribution in [-0.4, -0.2) is 31.5 Å². The van der Waals surface area contributed by atoms with Gasteiger partial charge in [-0.3, -0.25) is 14.9 Å². The summed E-state index contributed by atoms with van der Waals surface area (Å²) in [7, 11) is 0. The van der Waals surface area contributed by atoms with Crippen molar-refractivity contribution in [1.29, 1.82) is 0 Å². The number of aryl methyl sites for hydroxylation is 1. The maximum atomic E-state index is 12.5. The van der Waals surface area contributed by atoms with E-state index in [2.05, 4.69) is 15.5 Å². The van der Waals surface area contributed by atoms with Gasteiger partial charge in [-0.25, -0.2) is 4.68 Å². The number of rotatable bonds is 5. The van der Waals surface area contributed by atoms with E-state index in [0.29, 0.717) is 17.3 Å². The highest BCUT2D eigenvalue weighted by Crippen LogP contribution is 2.29. The van der Waals surface area contributed by atoms with Crippen LogP contribution in [0.15, 0.2) is 23.4 Å². The lowest BCUT2D eigenvalue weighted by molar-refractivity contribution is -0.384. The van der Waals surface area contributed by atoms with Crippen LogP contribution in [-0.2, 0) is 11.0 Å². The first-order chi connectivity index (χ1) is 11.6. The molecule has 0 saturated heterocycles. The Labute approximate surface area is 142 Å². The van der Waals surface area contributed by atoms with E-state index in [4.69, 9.17) is 5.84 Å². The molecule has 0 radical (unpaired) electrons. The zero-order valence-corrected chi connectivity index (χ0v) is 13.4. The van der Waals surface area contributed by atoms with Gasteiger partial charge in [-0.2, -0.15) is 13.2 Å². The van der Waals surface area contributed by atoms with Gasteiger partial charge in [-0.15, -0.1) is 10.2 Å². The number of anilines is 1. The first-order valence-corrected chi connectivity index (χ1v) is 7.53. The molecule has 0 aliphatic rings. The number of thioether (sulfide) groups is 1. The van der Waals surface area contributed by atoms with Crippen LogP contribution >= 0.6 is 11.8 Å². The molecule has 0 unspecified atom stereocenters. The topological polar surface area (TPSA) is 129 Å². The van der Waals surface area contributed by atoms with Gasteiger partial charge in [0, 0.05) is 12.1 Å². The van der Waals surface area contributed by atoms with Crippen molar-refractivity contribution in [1.82, 2.24) is 14.9 Å². The number of carbonyl (C=O) groups excluding carboxylic acids is 1. The van der Waals surface area contributed by atoms with E-state index in [1.54, 1.807) is 6.92 Å². The average Bonchev–Trinajstić information content (AvgIpc) is 2.88. The molecule has 1 aromatic carbocycles. The van der Waals surface area contributed by atoms with Crippen molar-refractivity contribution in [2.45, 2.75) is 18.3 Å². The Balaban J connectivity index is 2.04. The van der Waals surface area contributed by atoms with Crippen LogP contribution in [0.1, 0.15) is 11.4 Å². The first kappa shape index (κ1) is 18.5. The van der Waals surface area contributed by atoms with Crippen LogP contribution in [0.4, 0.5) is 24.5 Å². The smallest absolute Gasteiger partial charge is 0.335 e. The molecule has 0 bridgehead atoms. The van der Waals surface area contributed by atoms with Crippen LogP contribution in [0, 0.1) is 17.0 Å². The highest BCUT2D eigenvalue weighted by Gasteiger charge is 2.38. The van der Waals surface area contributed by atoms with Crippen molar-refractivity contribution in [2.75, 3.05) is 16.9 Å². The molecule has 1 heterocycles. The second kappa shape index (κ2) is 6.96. The highest BCUT2D eigenvalue weighted by atomic mass is 32.2. The molecular formula is C12H11F3N6O3S. The van der Waals surface area contributed by atoms with Gasteiger partial charge >= 0.3 is 6.18 Å². The summed E-state index contributed by atoms with van der Waals surface area (Å²) in [5.41, 5.74) is 0.611. The Bertz CT molecular complexity index is 823. The number of hydrogen-bond donors (Lipinski definition) is 2. The summed E-state index contributed by atoms with van der Waals surface area (Å²) >= 11 is 0.646. The molecule has 0 fully saturated rings. The normalized spacial score (nSPS) is 11.4. The molecule has 1 aromatic heterocycles. The fourth-order valence-electron chi connectivity index (χ4n) is 1.74. The van der Waals surface area contributed by atoms with Gasteiger partial charge in [0.2, 0.25) is 11.1 Å². The summed E-state index contributed by atoms with van der Waals surface area (Å²) in [5.74, 6) is 2.96. The Hall–Kier alpha value is -2.83. The summed E-state index contributed by atoms with van der Waals surface area (Å²) in [4.78, 5) is 22.0. The van der Waals surface area contributed by atoms with Gasteiger partial charge < -0.3 is 11.2 Å². The first-order valence-electron chi connectivity index (χ1n) is 6.55. The maximum absolute atomic E-state index is 12.5. The zero-order valence-electron chi connectivity index (χ0n) is 12.6. The van der Waals surface area contributed by atoms with Gasteiger partial charge in [-0.1, -0.05) is 17.8 Å². The number of nitro benzene ring substituents is 1. The SMILES string of the molecule is Cc1ccc([N+](=O)[O-])cc1NC(=O)CSc1nnc(C(F)(F)F)n1N. The molecule has 0 aliphatic carbocycles. The van der Waals surface area contributed by atoms with Crippen molar-refractivity contribution < 1.29 is 22.9 Å². The zero-order chi connectivity index (χ0) is 18.8. The van der Waals surface area contributed by atoms with E-state index in [1.807, 2.05) is 0 Å².